The number of nitrogens with zero attached hydrogens (tertiary/aromatic N) is 4. The molecule has 124 valence electrons. The zero-order valence-corrected chi connectivity index (χ0v) is 13.4. The molecule has 2 aromatic rings. The fourth-order valence-electron chi connectivity index (χ4n) is 2.95. The van der Waals surface area contributed by atoms with Gasteiger partial charge < -0.3 is 9.64 Å². The van der Waals surface area contributed by atoms with Crippen LogP contribution in [0.25, 0.3) is 0 Å². The van der Waals surface area contributed by atoms with Gasteiger partial charge in [0.15, 0.2) is 0 Å². The number of benzene rings is 1. The highest BCUT2D eigenvalue weighted by molar-refractivity contribution is 6.05. The molecule has 1 aromatic carbocycles. The number of hydrogen-bond acceptors (Lipinski definition) is 5. The Hall–Kier alpha value is -2.70. The van der Waals surface area contributed by atoms with Crippen molar-refractivity contribution < 1.29 is 14.3 Å². The maximum Gasteiger partial charge on any atom is 0.338 e. The Morgan fingerprint density at radius 2 is 1.88 bits per heavy atom. The van der Waals surface area contributed by atoms with Gasteiger partial charge in [-0.3, -0.25) is 4.79 Å². The van der Waals surface area contributed by atoms with E-state index in [2.05, 4.69) is 10.3 Å². The summed E-state index contributed by atoms with van der Waals surface area (Å²) in [6.07, 6.45) is 4.38. The Labute approximate surface area is 139 Å². The van der Waals surface area contributed by atoms with Gasteiger partial charge >= 0.3 is 5.97 Å². The quantitative estimate of drug-likeness (QED) is 0.798. The van der Waals surface area contributed by atoms with E-state index in [0.717, 1.165) is 5.69 Å². The number of likely N-dealkylation sites (tertiary alicyclic amines) is 1. The van der Waals surface area contributed by atoms with Crippen LogP contribution in [-0.2, 0) is 4.74 Å². The van der Waals surface area contributed by atoms with Crippen LogP contribution in [0.1, 0.15) is 51.2 Å². The van der Waals surface area contributed by atoms with Crippen molar-refractivity contribution in [3.63, 3.8) is 0 Å². The van der Waals surface area contributed by atoms with E-state index in [0.29, 0.717) is 30.1 Å². The monoisotopic (exact) mass is 326 g/mol. The Kier molecular flexibility index (Phi) is 3.55. The summed E-state index contributed by atoms with van der Waals surface area (Å²) in [6, 6.07) is 6.88. The van der Waals surface area contributed by atoms with Gasteiger partial charge in [-0.25, -0.2) is 9.48 Å². The third-order valence-corrected chi connectivity index (χ3v) is 4.61. The SMILES string of the molecule is COC(=O)c1ccccc1C(=O)N1CC(n2cc(C3CC3)nn2)C1. The zero-order valence-electron chi connectivity index (χ0n) is 13.4. The highest BCUT2D eigenvalue weighted by Crippen LogP contribution is 2.39. The second kappa shape index (κ2) is 5.74. The number of amides is 1. The van der Waals surface area contributed by atoms with Gasteiger partial charge in [-0.05, 0) is 25.0 Å². The van der Waals surface area contributed by atoms with Gasteiger partial charge in [0.05, 0.1) is 30.0 Å². The lowest BCUT2D eigenvalue weighted by molar-refractivity contribution is 0.0483. The molecule has 7 heteroatoms. The zero-order chi connectivity index (χ0) is 16.7. The Morgan fingerprint density at radius 1 is 1.17 bits per heavy atom. The molecule has 24 heavy (non-hydrogen) atoms. The molecule has 0 bridgehead atoms. The summed E-state index contributed by atoms with van der Waals surface area (Å²) in [6.45, 7) is 1.14. The van der Waals surface area contributed by atoms with Crippen molar-refractivity contribution >= 4 is 11.9 Å². The van der Waals surface area contributed by atoms with Gasteiger partial charge in [0.25, 0.3) is 5.91 Å². The number of esters is 1. The second-order valence-electron chi connectivity index (χ2n) is 6.30. The van der Waals surface area contributed by atoms with Crippen molar-refractivity contribution in [1.29, 1.82) is 0 Å². The predicted octanol–water partition coefficient (Wildman–Crippen LogP) is 1.64. The van der Waals surface area contributed by atoms with Crippen molar-refractivity contribution in [2.75, 3.05) is 20.2 Å². The summed E-state index contributed by atoms with van der Waals surface area (Å²) in [5.74, 6) is -0.0837. The molecule has 0 radical (unpaired) electrons. The normalized spacial score (nSPS) is 17.5. The molecular formula is C17H18N4O3. The molecule has 2 fully saturated rings. The Bertz CT molecular complexity index is 791. The van der Waals surface area contributed by atoms with E-state index in [1.807, 2.05) is 10.9 Å². The molecule has 2 aliphatic rings. The van der Waals surface area contributed by atoms with Gasteiger partial charge in [-0.15, -0.1) is 5.10 Å². The van der Waals surface area contributed by atoms with E-state index in [4.69, 9.17) is 4.74 Å². The lowest BCUT2D eigenvalue weighted by Gasteiger charge is -2.39. The summed E-state index contributed by atoms with van der Waals surface area (Å²) in [5, 5.41) is 8.39. The number of carbonyl (C=O) groups is 2. The number of carbonyl (C=O) groups excluding carboxylic acids is 2. The van der Waals surface area contributed by atoms with Crippen LogP contribution >= 0.6 is 0 Å². The summed E-state index contributed by atoms with van der Waals surface area (Å²) >= 11 is 0. The number of ether oxygens (including phenoxy) is 1. The van der Waals surface area contributed by atoms with E-state index >= 15 is 0 Å². The lowest BCUT2D eigenvalue weighted by atomic mass is 10.0. The Morgan fingerprint density at radius 3 is 2.54 bits per heavy atom. The Balaban J connectivity index is 1.44. The molecule has 1 saturated heterocycles. The standard InChI is InChI=1S/C17H18N4O3/c1-24-17(23)14-5-3-2-4-13(14)16(22)20-8-12(9-20)21-10-15(18-19-21)11-6-7-11/h2-5,10-12H,6-9H2,1H3. The topological polar surface area (TPSA) is 77.3 Å². The number of hydrogen-bond donors (Lipinski definition) is 0. The molecule has 2 heterocycles. The van der Waals surface area contributed by atoms with Gasteiger partial charge in [-0.1, -0.05) is 17.3 Å². The van der Waals surface area contributed by atoms with E-state index in [1.54, 1.807) is 29.2 Å². The summed E-state index contributed by atoms with van der Waals surface area (Å²) in [7, 11) is 1.31. The molecule has 0 N–H and O–H groups in total. The van der Waals surface area contributed by atoms with Crippen LogP contribution in [0.5, 0.6) is 0 Å². The molecule has 0 unspecified atom stereocenters. The average molecular weight is 326 g/mol. The second-order valence-corrected chi connectivity index (χ2v) is 6.30. The molecule has 1 amide bonds. The van der Waals surface area contributed by atoms with Crippen LogP contribution in [0.15, 0.2) is 30.5 Å². The highest BCUT2D eigenvalue weighted by atomic mass is 16.5. The van der Waals surface area contributed by atoms with Crippen molar-refractivity contribution in [2.24, 2.45) is 0 Å². The van der Waals surface area contributed by atoms with E-state index in [9.17, 15) is 9.59 Å². The molecule has 0 spiro atoms. The first-order valence-corrected chi connectivity index (χ1v) is 8.05. The number of methoxy groups -OCH3 is 1. The molecule has 4 rings (SSSR count). The van der Waals surface area contributed by atoms with Crippen molar-refractivity contribution in [3.8, 4) is 0 Å². The molecule has 1 saturated carbocycles. The summed E-state index contributed by atoms with van der Waals surface area (Å²) < 4.78 is 6.60. The van der Waals surface area contributed by atoms with Crippen LogP contribution < -0.4 is 0 Å². The number of aromatic nitrogens is 3. The largest absolute Gasteiger partial charge is 0.465 e. The maximum absolute atomic E-state index is 12.6. The molecule has 1 aromatic heterocycles. The molecule has 1 aliphatic heterocycles. The minimum atomic E-state index is -0.499. The number of rotatable bonds is 4. The maximum atomic E-state index is 12.6. The third kappa shape index (κ3) is 2.55. The van der Waals surface area contributed by atoms with Crippen LogP contribution in [0, 0.1) is 0 Å². The minimum Gasteiger partial charge on any atom is -0.465 e. The van der Waals surface area contributed by atoms with E-state index in [1.165, 1.54) is 20.0 Å². The molecule has 1 aliphatic carbocycles. The van der Waals surface area contributed by atoms with Gasteiger partial charge in [0.2, 0.25) is 0 Å². The fourth-order valence-corrected chi connectivity index (χ4v) is 2.95. The van der Waals surface area contributed by atoms with Crippen LogP contribution in [0.2, 0.25) is 0 Å². The minimum absolute atomic E-state index is 0.152. The van der Waals surface area contributed by atoms with Gasteiger partial charge in [0, 0.05) is 25.2 Å². The average Bonchev–Trinajstić information content (AvgIpc) is 3.31. The first kappa shape index (κ1) is 14.9. The van der Waals surface area contributed by atoms with Crippen molar-refractivity contribution in [1.82, 2.24) is 19.9 Å². The first-order chi connectivity index (χ1) is 11.7. The highest BCUT2D eigenvalue weighted by Gasteiger charge is 2.35. The molecule has 0 atom stereocenters. The van der Waals surface area contributed by atoms with E-state index in [-0.39, 0.29) is 11.9 Å². The predicted molar refractivity (Wildman–Crippen MR) is 84.7 cm³/mol. The van der Waals surface area contributed by atoms with Crippen LogP contribution in [0.3, 0.4) is 0 Å². The van der Waals surface area contributed by atoms with Gasteiger partial charge in [-0.2, -0.15) is 0 Å². The van der Waals surface area contributed by atoms with Crippen LogP contribution in [-0.4, -0.2) is 52.0 Å². The van der Waals surface area contributed by atoms with Crippen molar-refractivity contribution in [2.45, 2.75) is 24.8 Å². The van der Waals surface area contributed by atoms with Crippen LogP contribution in [0.4, 0.5) is 0 Å². The van der Waals surface area contributed by atoms with Crippen molar-refractivity contribution in [3.05, 3.63) is 47.3 Å². The lowest BCUT2D eigenvalue weighted by Crippen LogP contribution is -2.51. The molecular weight excluding hydrogens is 308 g/mol. The summed E-state index contributed by atoms with van der Waals surface area (Å²) in [4.78, 5) is 26.2. The first-order valence-electron chi connectivity index (χ1n) is 8.05. The van der Waals surface area contributed by atoms with E-state index < -0.39 is 5.97 Å². The fraction of sp³-hybridized carbons (Fsp3) is 0.412. The third-order valence-electron chi connectivity index (χ3n) is 4.61. The summed E-state index contributed by atoms with van der Waals surface area (Å²) in [5.41, 5.74) is 1.72. The smallest absolute Gasteiger partial charge is 0.338 e. The molecule has 7 nitrogen and oxygen atoms in total. The van der Waals surface area contributed by atoms with Gasteiger partial charge in [0.1, 0.15) is 0 Å².